The number of aromatic nitrogens is 2. The topological polar surface area (TPSA) is 86.5 Å². The van der Waals surface area contributed by atoms with Crippen LogP contribution in [0.3, 0.4) is 0 Å². The van der Waals surface area contributed by atoms with E-state index < -0.39 is 18.1 Å². The first-order valence-electron chi connectivity index (χ1n) is 8.78. The van der Waals surface area contributed by atoms with Gasteiger partial charge in [0.2, 0.25) is 0 Å². The van der Waals surface area contributed by atoms with Crippen LogP contribution < -0.4 is 14.8 Å². The monoisotopic (exact) mass is 421 g/mol. The van der Waals surface area contributed by atoms with Gasteiger partial charge in [-0.2, -0.15) is 13.2 Å². The molecule has 1 amide bonds. The maximum absolute atomic E-state index is 13.4. The van der Waals surface area contributed by atoms with Crippen LogP contribution in [0.1, 0.15) is 33.4 Å². The van der Waals surface area contributed by atoms with Crippen LogP contribution in [0.5, 0.6) is 11.5 Å². The fraction of sp³-hybridized carbons (Fsp3) is 0.250. The van der Waals surface area contributed by atoms with Crippen molar-refractivity contribution in [2.24, 2.45) is 0 Å². The average Bonchev–Trinajstić information content (AvgIpc) is 3.19. The fourth-order valence-electron chi connectivity index (χ4n) is 2.64. The Balaban J connectivity index is 1.68. The molecule has 0 saturated carbocycles. The van der Waals surface area contributed by atoms with Crippen molar-refractivity contribution in [2.75, 3.05) is 7.11 Å². The molecule has 0 aliphatic rings. The number of pyridine rings is 1. The molecule has 30 heavy (non-hydrogen) atoms. The molecule has 0 bridgehead atoms. The van der Waals surface area contributed by atoms with Gasteiger partial charge in [-0.25, -0.2) is 0 Å². The van der Waals surface area contributed by atoms with Crippen molar-refractivity contribution >= 4 is 5.91 Å². The number of ether oxygens (including phenoxy) is 2. The highest BCUT2D eigenvalue weighted by atomic mass is 19.4. The number of alkyl halides is 3. The summed E-state index contributed by atoms with van der Waals surface area (Å²) in [5.41, 5.74) is 0.477. The molecule has 0 radical (unpaired) electrons. The molecule has 0 aliphatic heterocycles. The number of hydrogen-bond acceptors (Lipinski definition) is 6. The van der Waals surface area contributed by atoms with Gasteiger partial charge >= 0.3 is 6.18 Å². The number of carbonyl (C=O) groups excluding carboxylic acids is 1. The zero-order valence-corrected chi connectivity index (χ0v) is 16.1. The van der Waals surface area contributed by atoms with E-state index in [1.165, 1.54) is 31.5 Å². The number of benzene rings is 1. The maximum atomic E-state index is 13.4. The lowest BCUT2D eigenvalue weighted by Crippen LogP contribution is -2.38. The zero-order valence-electron chi connectivity index (χ0n) is 16.1. The maximum Gasteiger partial charge on any atom is 0.412 e. The van der Waals surface area contributed by atoms with Crippen LogP contribution in [0, 0.1) is 6.92 Å². The smallest absolute Gasteiger partial charge is 0.412 e. The van der Waals surface area contributed by atoms with Crippen molar-refractivity contribution in [3.05, 3.63) is 71.4 Å². The van der Waals surface area contributed by atoms with Gasteiger partial charge in [0.1, 0.15) is 6.61 Å². The number of aryl methyl sites for hydroxylation is 1. The number of hydrogen-bond donors (Lipinski definition) is 1. The second-order valence-electron chi connectivity index (χ2n) is 6.36. The highest BCUT2D eigenvalue weighted by molar-refractivity contribution is 5.92. The summed E-state index contributed by atoms with van der Waals surface area (Å²) in [6.07, 6.45) is -2.34. The number of methoxy groups -OCH3 is 1. The number of halogens is 3. The second-order valence-corrected chi connectivity index (χ2v) is 6.36. The van der Waals surface area contributed by atoms with Gasteiger partial charge in [-0.15, -0.1) is 0 Å². The van der Waals surface area contributed by atoms with Crippen LogP contribution in [-0.4, -0.2) is 29.3 Å². The summed E-state index contributed by atoms with van der Waals surface area (Å²) in [6.45, 7) is 1.80. The first kappa shape index (κ1) is 21.2. The highest BCUT2D eigenvalue weighted by Crippen LogP contribution is 2.32. The summed E-state index contributed by atoms with van der Waals surface area (Å²) in [4.78, 5) is 15.9. The molecule has 1 N–H and O–H groups in total. The van der Waals surface area contributed by atoms with Crippen LogP contribution in [0.15, 0.2) is 53.3 Å². The molecule has 3 rings (SSSR count). The Bertz CT molecular complexity index is 1010. The molecule has 7 nitrogen and oxygen atoms in total. The lowest BCUT2D eigenvalue weighted by molar-refractivity contribution is -0.155. The van der Waals surface area contributed by atoms with Crippen molar-refractivity contribution in [1.82, 2.24) is 15.5 Å². The van der Waals surface area contributed by atoms with E-state index >= 15 is 0 Å². The summed E-state index contributed by atoms with van der Waals surface area (Å²) in [5.74, 6) is 0.0768. The molecule has 0 spiro atoms. The van der Waals surface area contributed by atoms with E-state index in [1.54, 1.807) is 12.1 Å². The Labute approximate surface area is 169 Å². The Kier molecular flexibility index (Phi) is 6.24. The number of rotatable bonds is 7. The third-order valence-corrected chi connectivity index (χ3v) is 4.10. The quantitative estimate of drug-likeness (QED) is 0.621. The molecule has 0 unspecified atom stereocenters. The van der Waals surface area contributed by atoms with Gasteiger partial charge in [0.15, 0.2) is 29.0 Å². The molecule has 3 aromatic rings. The van der Waals surface area contributed by atoms with Gasteiger partial charge in [-0.1, -0.05) is 17.3 Å². The summed E-state index contributed by atoms with van der Waals surface area (Å²) in [7, 11) is 1.50. The number of carbonyl (C=O) groups is 1. The van der Waals surface area contributed by atoms with Gasteiger partial charge in [0.25, 0.3) is 5.91 Å². The zero-order chi connectivity index (χ0) is 21.7. The predicted molar refractivity (Wildman–Crippen MR) is 99.1 cm³/mol. The van der Waals surface area contributed by atoms with Gasteiger partial charge in [0.05, 0.1) is 7.11 Å². The average molecular weight is 421 g/mol. The molecule has 1 aromatic carbocycles. The largest absolute Gasteiger partial charge is 0.493 e. The van der Waals surface area contributed by atoms with E-state index in [9.17, 15) is 18.0 Å². The van der Waals surface area contributed by atoms with Crippen molar-refractivity contribution < 1.29 is 32.0 Å². The minimum Gasteiger partial charge on any atom is -0.493 e. The lowest BCUT2D eigenvalue weighted by Gasteiger charge is -2.21. The van der Waals surface area contributed by atoms with Gasteiger partial charge in [-0.05, 0) is 30.7 Å². The molecule has 158 valence electrons. The van der Waals surface area contributed by atoms with Crippen molar-refractivity contribution in [3.63, 3.8) is 0 Å². The Hall–Kier alpha value is -3.56. The van der Waals surface area contributed by atoms with Gasteiger partial charge in [0, 0.05) is 24.0 Å². The first-order chi connectivity index (χ1) is 14.3. The minimum atomic E-state index is -4.71. The molecule has 10 heteroatoms. The van der Waals surface area contributed by atoms with Crippen molar-refractivity contribution in [3.8, 4) is 11.5 Å². The third-order valence-electron chi connectivity index (χ3n) is 4.10. The molecule has 0 fully saturated rings. The summed E-state index contributed by atoms with van der Waals surface area (Å²) < 4.78 is 56.0. The van der Waals surface area contributed by atoms with E-state index in [-0.39, 0.29) is 23.6 Å². The van der Waals surface area contributed by atoms with Crippen LogP contribution >= 0.6 is 0 Å². The standard InChI is InChI=1S/C20H18F3N3O4/c1-12-5-6-16(17(8-12)28-2)29-11-14-9-15(26-30-14)19(27)25-18(20(21,22)23)13-4-3-7-24-10-13/h3-10,18H,11H2,1-2H3,(H,25,27)/t18-/m1/s1. The molecule has 1 atom stereocenters. The number of nitrogens with one attached hydrogen (secondary N) is 1. The fourth-order valence-corrected chi connectivity index (χ4v) is 2.64. The second kappa shape index (κ2) is 8.85. The Morgan fingerprint density at radius 3 is 2.70 bits per heavy atom. The van der Waals surface area contributed by atoms with Crippen molar-refractivity contribution in [1.29, 1.82) is 0 Å². The number of amides is 1. The lowest BCUT2D eigenvalue weighted by atomic mass is 10.1. The summed E-state index contributed by atoms with van der Waals surface area (Å²) in [5, 5.41) is 5.45. The van der Waals surface area contributed by atoms with E-state index in [0.717, 1.165) is 11.8 Å². The molecule has 2 aromatic heterocycles. The third kappa shape index (κ3) is 5.07. The van der Waals surface area contributed by atoms with Crippen molar-refractivity contribution in [2.45, 2.75) is 25.7 Å². The van der Waals surface area contributed by atoms with Crippen LogP contribution in [0.2, 0.25) is 0 Å². The first-order valence-corrected chi connectivity index (χ1v) is 8.78. The molecule has 2 heterocycles. The Morgan fingerprint density at radius 1 is 1.23 bits per heavy atom. The van der Waals surface area contributed by atoms with E-state index in [1.807, 2.05) is 18.3 Å². The normalized spacial score (nSPS) is 12.3. The summed E-state index contributed by atoms with van der Waals surface area (Å²) in [6, 6.07) is 6.88. The van der Waals surface area contributed by atoms with Gasteiger partial charge in [-0.3, -0.25) is 9.78 Å². The molecular formula is C20H18F3N3O4. The number of nitrogens with zero attached hydrogens (tertiary/aromatic N) is 2. The highest BCUT2D eigenvalue weighted by Gasteiger charge is 2.42. The van der Waals surface area contributed by atoms with E-state index in [0.29, 0.717) is 11.5 Å². The van der Waals surface area contributed by atoms with Crippen LogP contribution in [0.4, 0.5) is 13.2 Å². The molecule has 0 saturated heterocycles. The summed E-state index contributed by atoms with van der Waals surface area (Å²) >= 11 is 0. The Morgan fingerprint density at radius 2 is 2.03 bits per heavy atom. The van der Waals surface area contributed by atoms with Crippen LogP contribution in [0.25, 0.3) is 0 Å². The SMILES string of the molecule is COc1cc(C)ccc1OCc1cc(C(=O)N[C@H](c2cccnc2)C(F)(F)F)no1. The van der Waals surface area contributed by atoms with E-state index in [2.05, 4.69) is 10.1 Å². The predicted octanol–water partition coefficient (Wildman–Crippen LogP) is 4.00. The minimum absolute atomic E-state index is 0.0923. The van der Waals surface area contributed by atoms with Crippen LogP contribution in [-0.2, 0) is 6.61 Å². The molecular weight excluding hydrogens is 403 g/mol. The van der Waals surface area contributed by atoms with E-state index in [4.69, 9.17) is 14.0 Å². The van der Waals surface area contributed by atoms with Gasteiger partial charge < -0.3 is 19.3 Å². The molecule has 0 aliphatic carbocycles.